The zero-order valence-electron chi connectivity index (χ0n) is 19.7. The molecule has 8 nitrogen and oxygen atoms in total. The van der Waals surface area contributed by atoms with Crippen molar-refractivity contribution in [3.8, 4) is 11.1 Å². The smallest absolute Gasteiger partial charge is 0.407 e. The Balaban J connectivity index is 1.26. The first-order valence-electron chi connectivity index (χ1n) is 12.2. The molecule has 2 aromatic carbocycles. The van der Waals surface area contributed by atoms with Crippen LogP contribution in [0.1, 0.15) is 36.8 Å². The van der Waals surface area contributed by atoms with Crippen LogP contribution < -0.4 is 5.32 Å². The molecular formula is C27H30N2O6. The van der Waals surface area contributed by atoms with Gasteiger partial charge < -0.3 is 24.8 Å². The van der Waals surface area contributed by atoms with E-state index < -0.39 is 30.1 Å². The van der Waals surface area contributed by atoms with Gasteiger partial charge in [0.15, 0.2) is 0 Å². The Labute approximate surface area is 204 Å². The number of likely N-dealkylation sites (N-methyl/N-ethyl adjacent to an activating group) is 1. The molecule has 3 aliphatic rings. The van der Waals surface area contributed by atoms with E-state index in [1.165, 1.54) is 0 Å². The van der Waals surface area contributed by atoms with Gasteiger partial charge in [0.25, 0.3) is 0 Å². The molecule has 2 fully saturated rings. The third-order valence-corrected chi connectivity index (χ3v) is 7.37. The number of rotatable bonds is 8. The van der Waals surface area contributed by atoms with Crippen LogP contribution in [0.15, 0.2) is 48.5 Å². The number of amides is 2. The van der Waals surface area contributed by atoms with Crippen LogP contribution in [-0.2, 0) is 19.1 Å². The van der Waals surface area contributed by atoms with Crippen molar-refractivity contribution in [3.63, 3.8) is 0 Å². The number of hydrogen-bond acceptors (Lipinski definition) is 5. The van der Waals surface area contributed by atoms with E-state index in [2.05, 4.69) is 29.6 Å². The van der Waals surface area contributed by atoms with Crippen LogP contribution in [0.5, 0.6) is 0 Å². The van der Waals surface area contributed by atoms with Crippen molar-refractivity contribution in [2.45, 2.75) is 37.8 Å². The number of carboxylic acid groups (broad SMARTS) is 1. The number of carboxylic acids is 1. The minimum Gasteiger partial charge on any atom is -0.481 e. The van der Waals surface area contributed by atoms with Crippen molar-refractivity contribution in [1.29, 1.82) is 0 Å². The molecule has 1 saturated heterocycles. The largest absolute Gasteiger partial charge is 0.481 e. The van der Waals surface area contributed by atoms with Crippen LogP contribution in [0.25, 0.3) is 11.1 Å². The predicted octanol–water partition coefficient (Wildman–Crippen LogP) is 3.25. The molecule has 35 heavy (non-hydrogen) atoms. The van der Waals surface area contributed by atoms with Gasteiger partial charge in [-0.1, -0.05) is 48.5 Å². The summed E-state index contributed by atoms with van der Waals surface area (Å²) in [7, 11) is 0. The van der Waals surface area contributed by atoms with Crippen molar-refractivity contribution in [3.05, 3.63) is 59.7 Å². The molecule has 1 saturated carbocycles. The third-order valence-electron chi connectivity index (χ3n) is 7.37. The number of ether oxygens (including phenoxy) is 2. The molecule has 0 spiro atoms. The maximum Gasteiger partial charge on any atom is 0.407 e. The van der Waals surface area contributed by atoms with E-state index in [-0.39, 0.29) is 37.6 Å². The van der Waals surface area contributed by atoms with E-state index in [0.29, 0.717) is 6.54 Å². The van der Waals surface area contributed by atoms with E-state index in [1.807, 2.05) is 31.2 Å². The highest BCUT2D eigenvalue weighted by Gasteiger charge is 2.45. The molecule has 2 amide bonds. The molecule has 2 aliphatic carbocycles. The normalized spacial score (nSPS) is 21.6. The summed E-state index contributed by atoms with van der Waals surface area (Å²) in [5, 5.41) is 12.3. The number of aliphatic carboxylic acids is 1. The van der Waals surface area contributed by atoms with Crippen molar-refractivity contribution in [2.24, 2.45) is 11.8 Å². The Morgan fingerprint density at radius 2 is 1.69 bits per heavy atom. The topological polar surface area (TPSA) is 105 Å². The highest BCUT2D eigenvalue weighted by Crippen LogP contribution is 2.44. The van der Waals surface area contributed by atoms with Crippen molar-refractivity contribution >= 4 is 18.0 Å². The Kier molecular flexibility index (Phi) is 6.47. The van der Waals surface area contributed by atoms with E-state index >= 15 is 0 Å². The lowest BCUT2D eigenvalue weighted by Crippen LogP contribution is -2.55. The van der Waals surface area contributed by atoms with Crippen LogP contribution in [0.2, 0.25) is 0 Å². The van der Waals surface area contributed by atoms with Crippen LogP contribution in [0.4, 0.5) is 4.79 Å². The average Bonchev–Trinajstić information content (AvgIpc) is 3.50. The molecule has 3 atom stereocenters. The Morgan fingerprint density at radius 1 is 1.06 bits per heavy atom. The standard InChI is InChI=1S/C27H30N2O6/c1-2-29(23-15-34-13-22(23)26(31)32)25(30)24(16-11-12-16)28-27(33)35-14-21-19-9-5-3-7-17(19)18-8-4-6-10-20(18)21/h3-10,16,21-24H,2,11-15H2,1H3,(H,28,33)(H,31,32). The summed E-state index contributed by atoms with van der Waals surface area (Å²) in [6.07, 6.45) is 1.04. The third kappa shape index (κ3) is 4.50. The van der Waals surface area contributed by atoms with Crippen LogP contribution in [-0.4, -0.2) is 66.4 Å². The molecule has 2 aromatic rings. The van der Waals surface area contributed by atoms with E-state index in [9.17, 15) is 19.5 Å². The van der Waals surface area contributed by atoms with Gasteiger partial charge in [-0.15, -0.1) is 0 Å². The van der Waals surface area contributed by atoms with E-state index in [4.69, 9.17) is 9.47 Å². The summed E-state index contributed by atoms with van der Waals surface area (Å²) in [4.78, 5) is 39.5. The lowest BCUT2D eigenvalue weighted by atomic mass is 9.98. The molecule has 5 rings (SSSR count). The minimum atomic E-state index is -0.980. The van der Waals surface area contributed by atoms with Gasteiger partial charge in [-0.2, -0.15) is 0 Å². The Bertz CT molecular complexity index is 1080. The summed E-state index contributed by atoms with van der Waals surface area (Å²) >= 11 is 0. The summed E-state index contributed by atoms with van der Waals surface area (Å²) in [6, 6.07) is 14.9. The zero-order chi connectivity index (χ0) is 24.5. The summed E-state index contributed by atoms with van der Waals surface area (Å²) in [5.74, 6) is -2.06. The summed E-state index contributed by atoms with van der Waals surface area (Å²) < 4.78 is 11.0. The van der Waals surface area contributed by atoms with Gasteiger partial charge in [0.1, 0.15) is 18.6 Å². The monoisotopic (exact) mass is 478 g/mol. The van der Waals surface area contributed by atoms with Gasteiger partial charge in [0.05, 0.1) is 19.3 Å². The Hall–Kier alpha value is -3.39. The van der Waals surface area contributed by atoms with Crippen molar-refractivity contribution in [2.75, 3.05) is 26.4 Å². The number of fused-ring (bicyclic) bond motifs is 3. The highest BCUT2D eigenvalue weighted by atomic mass is 16.5. The molecule has 0 bridgehead atoms. The molecule has 0 radical (unpaired) electrons. The second kappa shape index (κ2) is 9.70. The fraction of sp³-hybridized carbons (Fsp3) is 0.444. The molecule has 3 unspecified atom stereocenters. The molecule has 1 heterocycles. The number of alkyl carbamates (subject to hydrolysis) is 1. The zero-order valence-corrected chi connectivity index (χ0v) is 19.7. The molecule has 2 N–H and O–H groups in total. The fourth-order valence-corrected chi connectivity index (χ4v) is 5.40. The number of hydrogen-bond donors (Lipinski definition) is 2. The maximum atomic E-state index is 13.4. The number of carbonyl (C=O) groups excluding carboxylic acids is 2. The van der Waals surface area contributed by atoms with Crippen molar-refractivity contribution in [1.82, 2.24) is 10.2 Å². The lowest BCUT2D eigenvalue weighted by Gasteiger charge is -2.32. The van der Waals surface area contributed by atoms with Crippen LogP contribution in [0, 0.1) is 11.8 Å². The molecule has 1 aliphatic heterocycles. The lowest BCUT2D eigenvalue weighted by molar-refractivity contribution is -0.145. The first-order chi connectivity index (χ1) is 17.0. The first kappa shape index (κ1) is 23.4. The summed E-state index contributed by atoms with van der Waals surface area (Å²) in [6.45, 7) is 2.58. The number of nitrogens with zero attached hydrogens (tertiary/aromatic N) is 1. The number of benzene rings is 2. The molecule has 8 heteroatoms. The van der Waals surface area contributed by atoms with Gasteiger partial charge in [0, 0.05) is 12.5 Å². The molecule has 184 valence electrons. The first-order valence-corrected chi connectivity index (χ1v) is 12.2. The highest BCUT2D eigenvalue weighted by molar-refractivity contribution is 5.87. The quantitative estimate of drug-likeness (QED) is 0.604. The maximum absolute atomic E-state index is 13.4. The van der Waals surface area contributed by atoms with Crippen molar-refractivity contribution < 1.29 is 29.0 Å². The van der Waals surface area contributed by atoms with E-state index in [1.54, 1.807) is 4.90 Å². The number of carbonyl (C=O) groups is 3. The SMILES string of the molecule is CCN(C(=O)C(NC(=O)OCC1c2ccccc2-c2ccccc21)C1CC1)C1COCC1C(=O)O. The summed E-state index contributed by atoms with van der Waals surface area (Å²) in [5.41, 5.74) is 4.53. The minimum absolute atomic E-state index is 0.0302. The van der Waals surface area contributed by atoms with Gasteiger partial charge in [-0.05, 0) is 47.9 Å². The molecular weight excluding hydrogens is 448 g/mol. The second-order valence-electron chi connectivity index (χ2n) is 9.46. The van der Waals surface area contributed by atoms with E-state index in [0.717, 1.165) is 35.1 Å². The fourth-order valence-electron chi connectivity index (χ4n) is 5.40. The van der Waals surface area contributed by atoms with Gasteiger partial charge in [0.2, 0.25) is 5.91 Å². The number of nitrogens with one attached hydrogen (secondary N) is 1. The average molecular weight is 479 g/mol. The van der Waals surface area contributed by atoms with Crippen LogP contribution >= 0.6 is 0 Å². The van der Waals surface area contributed by atoms with Gasteiger partial charge in [-0.3, -0.25) is 9.59 Å². The van der Waals surface area contributed by atoms with Gasteiger partial charge in [-0.25, -0.2) is 4.79 Å². The second-order valence-corrected chi connectivity index (χ2v) is 9.46. The Morgan fingerprint density at radius 3 is 2.26 bits per heavy atom. The molecule has 0 aromatic heterocycles. The van der Waals surface area contributed by atoms with Crippen LogP contribution in [0.3, 0.4) is 0 Å². The predicted molar refractivity (Wildman–Crippen MR) is 128 cm³/mol. The van der Waals surface area contributed by atoms with Gasteiger partial charge >= 0.3 is 12.1 Å².